The van der Waals surface area contributed by atoms with Crippen molar-refractivity contribution in [3.05, 3.63) is 138 Å². The van der Waals surface area contributed by atoms with Gasteiger partial charge in [0.1, 0.15) is 11.2 Å². The molecule has 1 N–H and O–H groups in total. The first kappa shape index (κ1) is 25.8. The third-order valence-electron chi connectivity index (χ3n) is 9.05. The van der Waals surface area contributed by atoms with Gasteiger partial charge in [0.15, 0.2) is 0 Å². The smallest absolute Gasteiger partial charge is 0.331 e. The molecule has 0 amide bonds. The second kappa shape index (κ2) is 9.20. The summed E-state index contributed by atoms with van der Waals surface area (Å²) in [4.78, 5) is 0. The number of furan rings is 1. The molecule has 0 unspecified atom stereocenters. The van der Waals surface area contributed by atoms with Crippen molar-refractivity contribution in [3.8, 4) is 11.1 Å². The number of fused-ring (bicyclic) bond motifs is 7. The molecule has 3 nitrogen and oxygen atoms in total. The number of hydrogen-bond acceptors (Lipinski definition) is 3. The molecule has 1 aliphatic rings. The molecule has 6 aromatic rings. The van der Waals surface area contributed by atoms with E-state index in [0.717, 1.165) is 38.5 Å². The van der Waals surface area contributed by atoms with Crippen LogP contribution in [0.15, 0.2) is 120 Å². The third-order valence-corrected chi connectivity index (χ3v) is 9.05. The zero-order valence-corrected chi connectivity index (χ0v) is 23.8. The average molecular weight is 535 g/mol. The van der Waals surface area contributed by atoms with E-state index in [2.05, 4.69) is 97.1 Å². The predicted octanol–water partition coefficient (Wildman–Crippen LogP) is 7.76. The maximum atomic E-state index is 10.9. The second-order valence-corrected chi connectivity index (χ2v) is 12.0. The van der Waals surface area contributed by atoms with Crippen LogP contribution in [-0.4, -0.2) is 23.8 Å². The Morgan fingerprint density at radius 3 is 1.95 bits per heavy atom. The molecule has 0 fully saturated rings. The molecule has 41 heavy (non-hydrogen) atoms. The number of rotatable bonds is 6. The lowest BCUT2D eigenvalue weighted by atomic mass is 9.66. The van der Waals surface area contributed by atoms with Crippen molar-refractivity contribution in [1.82, 2.24) is 0 Å². The van der Waals surface area contributed by atoms with Crippen LogP contribution in [0.4, 0.5) is 0 Å². The minimum Gasteiger partial charge on any atom is -0.455 e. The first-order valence-corrected chi connectivity index (χ1v) is 14.2. The highest BCUT2D eigenvalue weighted by Crippen LogP contribution is 2.58. The van der Waals surface area contributed by atoms with Crippen LogP contribution in [0.5, 0.6) is 0 Å². The van der Waals surface area contributed by atoms with Crippen molar-refractivity contribution < 1.29 is 14.2 Å². The number of benzene rings is 5. The monoisotopic (exact) mass is 535 g/mol. The molecule has 0 saturated heterocycles. The molecule has 5 aromatic carbocycles. The fourth-order valence-electron chi connectivity index (χ4n) is 6.28. The van der Waals surface area contributed by atoms with Gasteiger partial charge < -0.3 is 14.2 Å². The van der Waals surface area contributed by atoms with E-state index in [4.69, 9.17) is 9.07 Å². The summed E-state index contributed by atoms with van der Waals surface area (Å²) < 4.78 is 13.1. The van der Waals surface area contributed by atoms with E-state index < -0.39 is 16.6 Å². The molecule has 7 rings (SSSR count). The van der Waals surface area contributed by atoms with Gasteiger partial charge >= 0.3 is 7.48 Å². The fourth-order valence-corrected chi connectivity index (χ4v) is 6.28. The van der Waals surface area contributed by atoms with E-state index in [1.54, 1.807) is 13.8 Å². The zero-order chi connectivity index (χ0) is 28.4. The van der Waals surface area contributed by atoms with Crippen LogP contribution in [0.2, 0.25) is 0 Å². The Kier molecular flexibility index (Phi) is 5.80. The van der Waals surface area contributed by atoms with Gasteiger partial charge in [0, 0.05) is 16.3 Å². The molecular formula is C37H32BO3. The summed E-state index contributed by atoms with van der Waals surface area (Å²) >= 11 is 0. The normalized spacial score (nSPS) is 14.3. The van der Waals surface area contributed by atoms with Crippen molar-refractivity contribution >= 4 is 34.9 Å². The lowest BCUT2D eigenvalue weighted by Crippen LogP contribution is -2.49. The summed E-state index contributed by atoms with van der Waals surface area (Å²) in [6.07, 6.45) is 0. The Morgan fingerprint density at radius 2 is 1.29 bits per heavy atom. The van der Waals surface area contributed by atoms with Crippen molar-refractivity contribution in [3.63, 3.8) is 0 Å². The van der Waals surface area contributed by atoms with E-state index >= 15 is 0 Å². The van der Waals surface area contributed by atoms with Crippen molar-refractivity contribution in [2.24, 2.45) is 0 Å². The van der Waals surface area contributed by atoms with Gasteiger partial charge in [0.2, 0.25) is 0 Å². The van der Waals surface area contributed by atoms with Crippen LogP contribution in [0, 0.1) is 0 Å². The third kappa shape index (κ3) is 3.75. The molecule has 1 aromatic heterocycles. The average Bonchev–Trinajstić information content (AvgIpc) is 3.51. The highest BCUT2D eigenvalue weighted by atomic mass is 16.5. The first-order chi connectivity index (χ1) is 19.7. The van der Waals surface area contributed by atoms with Gasteiger partial charge in [-0.3, -0.25) is 0 Å². The van der Waals surface area contributed by atoms with Crippen molar-refractivity contribution in [1.29, 1.82) is 0 Å². The summed E-state index contributed by atoms with van der Waals surface area (Å²) in [5, 5.41) is 12.9. The SMILES string of the molecule is CC(C)(O)C(C)(C)O[B]c1cc2c(c3oc4ccccc4c13)-c1ccccc1C2(c1ccccc1)c1ccccc1. The Bertz CT molecular complexity index is 1860. The van der Waals surface area contributed by atoms with E-state index in [-0.39, 0.29) is 0 Å². The summed E-state index contributed by atoms with van der Waals surface area (Å²) in [7, 11) is 1.81. The molecular weight excluding hydrogens is 503 g/mol. The zero-order valence-electron chi connectivity index (χ0n) is 23.8. The highest BCUT2D eigenvalue weighted by Gasteiger charge is 2.48. The first-order valence-electron chi connectivity index (χ1n) is 14.2. The Hall–Kier alpha value is -4.12. The molecule has 4 heteroatoms. The largest absolute Gasteiger partial charge is 0.455 e. The van der Waals surface area contributed by atoms with Crippen LogP contribution in [0.25, 0.3) is 33.1 Å². The Balaban J connectivity index is 1.61. The number of hydrogen-bond donors (Lipinski definition) is 1. The number of para-hydroxylation sites is 1. The molecule has 1 heterocycles. The minimum atomic E-state index is -1.05. The fraction of sp³-hybridized carbons (Fsp3) is 0.189. The van der Waals surface area contributed by atoms with Crippen LogP contribution < -0.4 is 5.46 Å². The van der Waals surface area contributed by atoms with Crippen LogP contribution in [0.3, 0.4) is 0 Å². The summed E-state index contributed by atoms with van der Waals surface area (Å²) in [6, 6.07) is 40.6. The van der Waals surface area contributed by atoms with Gasteiger partial charge in [-0.1, -0.05) is 109 Å². The van der Waals surface area contributed by atoms with Gasteiger partial charge in [-0.25, -0.2) is 0 Å². The van der Waals surface area contributed by atoms with Gasteiger partial charge in [-0.05, 0) is 67.0 Å². The predicted molar refractivity (Wildman–Crippen MR) is 168 cm³/mol. The summed E-state index contributed by atoms with van der Waals surface area (Å²) in [6.45, 7) is 7.38. The molecule has 0 saturated carbocycles. The van der Waals surface area contributed by atoms with Crippen LogP contribution in [-0.2, 0) is 10.1 Å². The second-order valence-electron chi connectivity index (χ2n) is 12.0. The maximum Gasteiger partial charge on any atom is 0.331 e. The topological polar surface area (TPSA) is 42.6 Å². The maximum absolute atomic E-state index is 10.9. The van der Waals surface area contributed by atoms with Crippen LogP contribution in [0.1, 0.15) is 49.9 Å². The Labute approximate surface area is 241 Å². The van der Waals surface area contributed by atoms with Gasteiger partial charge in [0.25, 0.3) is 0 Å². The van der Waals surface area contributed by atoms with E-state index in [1.165, 1.54) is 22.3 Å². The lowest BCUT2D eigenvalue weighted by molar-refractivity contribution is -0.0893. The molecule has 0 bridgehead atoms. The summed E-state index contributed by atoms with van der Waals surface area (Å²) in [5.41, 5.74) is 7.21. The molecule has 0 aliphatic heterocycles. The Morgan fingerprint density at radius 1 is 0.707 bits per heavy atom. The van der Waals surface area contributed by atoms with E-state index in [1.807, 2.05) is 39.5 Å². The van der Waals surface area contributed by atoms with Gasteiger partial charge in [-0.2, -0.15) is 0 Å². The van der Waals surface area contributed by atoms with E-state index in [9.17, 15) is 5.11 Å². The standard InChI is InChI=1S/C37H32BO3/c1-35(2,39)36(3,4)41-38-30-23-29-32(34-33(30)27-20-12-14-22-31(27)40-34)26-19-11-13-21-28(26)37(29,24-15-7-5-8-16-24)25-17-9-6-10-18-25/h5-23,39H,1-4H3. The molecule has 1 aliphatic carbocycles. The lowest BCUT2D eigenvalue weighted by Gasteiger charge is -2.38. The van der Waals surface area contributed by atoms with Gasteiger partial charge in [0.05, 0.1) is 16.6 Å². The quantitative estimate of drug-likeness (QED) is 0.221. The molecule has 201 valence electrons. The molecule has 0 spiro atoms. The minimum absolute atomic E-state index is 0.560. The van der Waals surface area contributed by atoms with Crippen molar-refractivity contribution in [2.75, 3.05) is 0 Å². The van der Waals surface area contributed by atoms with Crippen molar-refractivity contribution in [2.45, 2.75) is 44.3 Å². The number of aliphatic hydroxyl groups is 1. The van der Waals surface area contributed by atoms with Gasteiger partial charge in [-0.15, -0.1) is 0 Å². The molecule has 0 atom stereocenters. The highest BCUT2D eigenvalue weighted by molar-refractivity contribution is 6.53. The summed E-state index contributed by atoms with van der Waals surface area (Å²) in [5.74, 6) is 0. The van der Waals surface area contributed by atoms with Crippen LogP contribution >= 0.6 is 0 Å². The molecule has 1 radical (unpaired) electrons. The van der Waals surface area contributed by atoms with E-state index in [0.29, 0.717) is 0 Å².